The minimum Gasteiger partial charge on any atom is -0.495 e. The number of aromatic nitrogens is 2. The first-order valence-corrected chi connectivity index (χ1v) is 12.2. The summed E-state index contributed by atoms with van der Waals surface area (Å²) in [6.07, 6.45) is 1.16. The quantitative estimate of drug-likeness (QED) is 0.376. The van der Waals surface area contributed by atoms with E-state index in [-0.39, 0.29) is 32.4 Å². The van der Waals surface area contributed by atoms with Crippen molar-refractivity contribution in [3.8, 4) is 5.75 Å². The molecule has 8 nitrogen and oxygen atoms in total. The maximum atomic E-state index is 12.9. The first-order chi connectivity index (χ1) is 15.1. The van der Waals surface area contributed by atoms with Crippen LogP contribution in [0, 0.1) is 13.8 Å². The Kier molecular flexibility index (Phi) is 7.27. The normalized spacial score (nSPS) is 11.2. The first-order valence-electron chi connectivity index (χ1n) is 9.33. The number of carbonyl (C=O) groups is 1. The second-order valence-electron chi connectivity index (χ2n) is 6.84. The number of ether oxygens (including phenoxy) is 1. The highest BCUT2D eigenvalue weighted by Crippen LogP contribution is 2.29. The number of benzene rings is 2. The van der Waals surface area contributed by atoms with Gasteiger partial charge in [0.2, 0.25) is 15.7 Å². The number of nitrogens with zero attached hydrogens (tertiary/aromatic N) is 2. The summed E-state index contributed by atoms with van der Waals surface area (Å²) >= 11 is 7.08. The maximum absolute atomic E-state index is 12.9. The van der Waals surface area contributed by atoms with Gasteiger partial charge in [0.1, 0.15) is 16.5 Å². The molecule has 1 amide bonds. The highest BCUT2D eigenvalue weighted by atomic mass is 35.5. The Hall–Kier alpha value is -2.82. The number of sulfone groups is 1. The summed E-state index contributed by atoms with van der Waals surface area (Å²) < 4.78 is 30.9. The highest BCUT2D eigenvalue weighted by molar-refractivity contribution is 7.99. The van der Waals surface area contributed by atoms with E-state index in [2.05, 4.69) is 15.3 Å². The Bertz CT molecular complexity index is 1280. The van der Waals surface area contributed by atoms with Crippen LogP contribution in [-0.2, 0) is 14.6 Å². The van der Waals surface area contributed by atoms with E-state index >= 15 is 0 Å². The molecule has 0 unspecified atom stereocenters. The largest absolute Gasteiger partial charge is 0.495 e. The van der Waals surface area contributed by atoms with Crippen molar-refractivity contribution in [2.24, 2.45) is 0 Å². The van der Waals surface area contributed by atoms with E-state index in [9.17, 15) is 13.2 Å². The topological polar surface area (TPSA) is 124 Å². The molecule has 3 N–H and O–H groups in total. The summed E-state index contributed by atoms with van der Waals surface area (Å²) in [4.78, 5) is 20.3. The number of methoxy groups -OCH3 is 1. The van der Waals surface area contributed by atoms with Gasteiger partial charge in [-0.15, -0.1) is 0 Å². The lowest BCUT2D eigenvalue weighted by Gasteiger charge is -2.10. The second kappa shape index (κ2) is 9.76. The monoisotopic (exact) mass is 492 g/mol. The number of amides is 1. The molecular formula is C21H21ClN4O4S2. The zero-order chi connectivity index (χ0) is 23.5. The average Bonchev–Trinajstić information content (AvgIpc) is 2.74. The van der Waals surface area contributed by atoms with E-state index in [0.29, 0.717) is 16.5 Å². The summed E-state index contributed by atoms with van der Waals surface area (Å²) in [5, 5.41) is 3.26. The molecule has 0 radical (unpaired) electrons. The predicted octanol–water partition coefficient (Wildman–Crippen LogP) is 3.90. The molecule has 11 heteroatoms. The number of nitrogens with one attached hydrogen (secondary N) is 1. The number of aryl methyl sites for hydroxylation is 2. The zero-order valence-corrected chi connectivity index (χ0v) is 19.9. The molecular weight excluding hydrogens is 472 g/mol. The fraction of sp³-hybridized carbons (Fsp3) is 0.190. The van der Waals surface area contributed by atoms with Gasteiger partial charge in [-0.05, 0) is 55.3 Å². The SMILES string of the molecule is COc1ccc(NC(=O)CSc2ncc(S(=O)(=O)c3ccc(C)c(C)c3)c(N)n2)cc1Cl. The van der Waals surface area contributed by atoms with Crippen molar-refractivity contribution in [1.82, 2.24) is 9.97 Å². The Labute approximate surface area is 195 Å². The lowest BCUT2D eigenvalue weighted by molar-refractivity contribution is -0.113. The Morgan fingerprint density at radius 2 is 1.94 bits per heavy atom. The van der Waals surface area contributed by atoms with E-state index in [1.807, 2.05) is 13.8 Å². The summed E-state index contributed by atoms with van der Waals surface area (Å²) in [7, 11) is -2.37. The zero-order valence-electron chi connectivity index (χ0n) is 17.5. The van der Waals surface area contributed by atoms with Gasteiger partial charge >= 0.3 is 0 Å². The van der Waals surface area contributed by atoms with Crippen LogP contribution in [0.2, 0.25) is 5.02 Å². The van der Waals surface area contributed by atoms with Gasteiger partial charge in [-0.25, -0.2) is 18.4 Å². The van der Waals surface area contributed by atoms with Crippen molar-refractivity contribution in [2.75, 3.05) is 23.9 Å². The van der Waals surface area contributed by atoms with Gasteiger partial charge in [-0.3, -0.25) is 4.79 Å². The molecule has 3 rings (SSSR count). The number of halogens is 1. The van der Waals surface area contributed by atoms with E-state index in [0.717, 1.165) is 29.1 Å². The van der Waals surface area contributed by atoms with Gasteiger partial charge in [0, 0.05) is 5.69 Å². The van der Waals surface area contributed by atoms with Gasteiger partial charge in [0.25, 0.3) is 0 Å². The van der Waals surface area contributed by atoms with Crippen molar-refractivity contribution in [2.45, 2.75) is 28.8 Å². The van der Waals surface area contributed by atoms with Crippen LogP contribution in [0.3, 0.4) is 0 Å². The highest BCUT2D eigenvalue weighted by Gasteiger charge is 2.23. The minimum atomic E-state index is -3.87. The number of hydrogen-bond acceptors (Lipinski definition) is 8. The standard InChI is InChI=1S/C21H21ClN4O4S2/c1-12-4-6-15(8-13(12)2)32(28,29)18-10-24-21(26-20(18)23)31-11-19(27)25-14-5-7-17(30-3)16(22)9-14/h4-10H,11H2,1-3H3,(H,25,27)(H2,23,24,26). The van der Waals surface area contributed by atoms with Gasteiger partial charge < -0.3 is 15.8 Å². The molecule has 0 saturated heterocycles. The predicted molar refractivity (Wildman–Crippen MR) is 125 cm³/mol. The molecule has 32 heavy (non-hydrogen) atoms. The molecule has 168 valence electrons. The fourth-order valence-electron chi connectivity index (χ4n) is 2.72. The minimum absolute atomic E-state index is 0.00760. The molecule has 3 aromatic rings. The fourth-order valence-corrected chi connectivity index (χ4v) is 4.95. The van der Waals surface area contributed by atoms with Gasteiger partial charge in [-0.1, -0.05) is 29.4 Å². The summed E-state index contributed by atoms with van der Waals surface area (Å²) in [5.74, 6) is -0.00106. The van der Waals surface area contributed by atoms with Crippen LogP contribution in [-0.4, -0.2) is 37.2 Å². The molecule has 0 aliphatic carbocycles. The number of rotatable bonds is 7. The molecule has 0 bridgehead atoms. The summed E-state index contributed by atoms with van der Waals surface area (Å²) in [6, 6.07) is 9.72. The molecule has 0 aliphatic rings. The number of thioether (sulfide) groups is 1. The number of nitrogens with two attached hydrogens (primary N) is 1. The van der Waals surface area contributed by atoms with Crippen LogP contribution in [0.1, 0.15) is 11.1 Å². The molecule has 0 atom stereocenters. The summed E-state index contributed by atoms with van der Waals surface area (Å²) in [5.41, 5.74) is 8.26. The average molecular weight is 493 g/mol. The van der Waals surface area contributed by atoms with Crippen LogP contribution in [0.25, 0.3) is 0 Å². The van der Waals surface area contributed by atoms with Crippen molar-refractivity contribution < 1.29 is 17.9 Å². The van der Waals surface area contributed by atoms with Crippen molar-refractivity contribution in [3.05, 3.63) is 58.7 Å². The van der Waals surface area contributed by atoms with Crippen molar-refractivity contribution in [1.29, 1.82) is 0 Å². The molecule has 0 spiro atoms. The smallest absolute Gasteiger partial charge is 0.234 e. The van der Waals surface area contributed by atoms with Crippen molar-refractivity contribution >= 4 is 50.6 Å². The van der Waals surface area contributed by atoms with E-state index in [1.165, 1.54) is 13.2 Å². The Morgan fingerprint density at radius 1 is 1.19 bits per heavy atom. The van der Waals surface area contributed by atoms with Gasteiger partial charge in [0.15, 0.2) is 5.16 Å². The molecule has 0 saturated carbocycles. The van der Waals surface area contributed by atoms with E-state index < -0.39 is 9.84 Å². The molecule has 2 aromatic carbocycles. The van der Waals surface area contributed by atoms with Crippen LogP contribution >= 0.6 is 23.4 Å². The Morgan fingerprint density at radius 3 is 2.56 bits per heavy atom. The van der Waals surface area contributed by atoms with Gasteiger partial charge in [0.05, 0.1) is 29.0 Å². The maximum Gasteiger partial charge on any atom is 0.234 e. The van der Waals surface area contributed by atoms with Crippen LogP contribution < -0.4 is 15.8 Å². The van der Waals surface area contributed by atoms with Crippen LogP contribution in [0.4, 0.5) is 11.5 Å². The lowest BCUT2D eigenvalue weighted by Crippen LogP contribution is -2.14. The summed E-state index contributed by atoms with van der Waals surface area (Å²) in [6.45, 7) is 3.73. The third-order valence-electron chi connectivity index (χ3n) is 4.61. The first kappa shape index (κ1) is 23.8. The number of hydrogen-bond donors (Lipinski definition) is 2. The molecule has 0 fully saturated rings. The van der Waals surface area contributed by atoms with Crippen molar-refractivity contribution in [3.63, 3.8) is 0 Å². The number of anilines is 2. The van der Waals surface area contributed by atoms with E-state index in [4.69, 9.17) is 22.1 Å². The number of carbonyl (C=O) groups excluding carboxylic acids is 1. The van der Waals surface area contributed by atoms with Crippen LogP contribution in [0.5, 0.6) is 5.75 Å². The molecule has 1 heterocycles. The number of nitrogen functional groups attached to an aromatic ring is 1. The lowest BCUT2D eigenvalue weighted by atomic mass is 10.1. The Balaban J connectivity index is 1.69. The molecule has 1 aromatic heterocycles. The second-order valence-corrected chi connectivity index (χ2v) is 10.1. The third-order valence-corrected chi connectivity index (χ3v) is 7.53. The van der Waals surface area contributed by atoms with E-state index in [1.54, 1.807) is 30.3 Å². The van der Waals surface area contributed by atoms with Crippen LogP contribution in [0.15, 0.2) is 57.5 Å². The third kappa shape index (κ3) is 5.32. The van der Waals surface area contributed by atoms with Gasteiger partial charge in [-0.2, -0.15) is 0 Å². The molecule has 0 aliphatic heterocycles.